The summed E-state index contributed by atoms with van der Waals surface area (Å²) < 4.78 is 44.0. The van der Waals surface area contributed by atoms with E-state index in [9.17, 15) is 18.0 Å². The molecule has 1 aliphatic heterocycles. The minimum absolute atomic E-state index is 0.154. The first kappa shape index (κ1) is 22.7. The van der Waals surface area contributed by atoms with E-state index in [4.69, 9.17) is 15.9 Å². The number of ether oxygens (including phenoxy) is 1. The van der Waals surface area contributed by atoms with Crippen LogP contribution in [0.4, 0.5) is 18.9 Å². The van der Waals surface area contributed by atoms with E-state index in [0.717, 1.165) is 23.8 Å². The van der Waals surface area contributed by atoms with E-state index in [2.05, 4.69) is 15.3 Å². The molecule has 172 valence electrons. The van der Waals surface area contributed by atoms with Crippen molar-refractivity contribution in [3.8, 4) is 0 Å². The number of carbonyl (C=O) groups excluding carboxylic acids is 1. The van der Waals surface area contributed by atoms with Gasteiger partial charge >= 0.3 is 6.18 Å². The van der Waals surface area contributed by atoms with Gasteiger partial charge in [0, 0.05) is 16.7 Å². The summed E-state index contributed by atoms with van der Waals surface area (Å²) in [5.41, 5.74) is 7.13. The van der Waals surface area contributed by atoms with Gasteiger partial charge in [0.15, 0.2) is 0 Å². The van der Waals surface area contributed by atoms with Crippen molar-refractivity contribution in [2.75, 3.05) is 5.32 Å². The molecule has 0 aliphatic carbocycles. The van der Waals surface area contributed by atoms with Crippen LogP contribution in [0.1, 0.15) is 22.3 Å². The molecule has 34 heavy (non-hydrogen) atoms. The monoisotopic (exact) mass is 465 g/mol. The van der Waals surface area contributed by atoms with E-state index in [1.165, 1.54) is 6.07 Å². The van der Waals surface area contributed by atoms with Crippen molar-refractivity contribution in [1.82, 2.24) is 0 Å². The lowest BCUT2D eigenvalue weighted by molar-refractivity contribution is -0.137. The summed E-state index contributed by atoms with van der Waals surface area (Å²) >= 11 is 0. The van der Waals surface area contributed by atoms with Gasteiger partial charge in [0.05, 0.1) is 17.0 Å². The van der Waals surface area contributed by atoms with Gasteiger partial charge in [-0.05, 0) is 24.3 Å². The predicted octanol–water partition coefficient (Wildman–Crippen LogP) is 4.18. The number of nitrogens with two attached hydrogens (primary N) is 1. The standard InChI is InChI=1S/C24H18F3N5O2/c25-24(26,27)16-10-6-9-15(13-16)20(28)34-23(29)32-21-22(33)30-18-12-5-4-11-17(18)19(31-21)14-7-2-1-3-8-14/h1-13,21,28H,(H2,29,32)(H,30,33). The highest BCUT2D eigenvalue weighted by molar-refractivity contribution is 6.19. The Balaban J connectivity index is 1.64. The molecule has 1 heterocycles. The molecule has 4 N–H and O–H groups in total. The number of nitrogens with one attached hydrogen (secondary N) is 2. The van der Waals surface area contributed by atoms with Gasteiger partial charge in [0.25, 0.3) is 11.9 Å². The molecule has 3 aromatic carbocycles. The zero-order valence-electron chi connectivity index (χ0n) is 17.5. The SMILES string of the molecule is N=C(OC(N)=NC1N=C(c2ccccc2)c2ccccc2NC1=O)c1cccc(C(F)(F)F)c1. The summed E-state index contributed by atoms with van der Waals surface area (Å²) in [4.78, 5) is 21.2. The smallest absolute Gasteiger partial charge is 0.407 e. The number of benzodiazepines with no additional fused rings is 1. The van der Waals surface area contributed by atoms with Crippen LogP contribution in [0.2, 0.25) is 0 Å². The fourth-order valence-electron chi connectivity index (χ4n) is 3.31. The second-order valence-electron chi connectivity index (χ2n) is 7.23. The van der Waals surface area contributed by atoms with E-state index in [1.807, 2.05) is 30.3 Å². The van der Waals surface area contributed by atoms with Crippen molar-refractivity contribution in [1.29, 1.82) is 5.41 Å². The number of anilines is 1. The molecule has 1 amide bonds. The number of amides is 1. The molecule has 0 aromatic heterocycles. The summed E-state index contributed by atoms with van der Waals surface area (Å²) in [5, 5.41) is 10.7. The quantitative estimate of drug-likeness (QED) is 0.398. The number of nitrogens with zero attached hydrogens (tertiary/aromatic N) is 2. The summed E-state index contributed by atoms with van der Waals surface area (Å²) in [6.07, 6.45) is -5.93. The maximum absolute atomic E-state index is 13.0. The zero-order chi connectivity index (χ0) is 24.3. The first-order valence-corrected chi connectivity index (χ1v) is 10.0. The Bertz CT molecular complexity index is 1300. The largest absolute Gasteiger partial charge is 0.416 e. The Morgan fingerprint density at radius 3 is 2.47 bits per heavy atom. The molecule has 1 aliphatic rings. The van der Waals surface area contributed by atoms with Gasteiger partial charge in [-0.3, -0.25) is 10.2 Å². The minimum Gasteiger partial charge on any atom is -0.407 e. The highest BCUT2D eigenvalue weighted by Gasteiger charge is 2.31. The highest BCUT2D eigenvalue weighted by atomic mass is 19.4. The number of aliphatic imine (C=N–C) groups is 2. The van der Waals surface area contributed by atoms with Crippen molar-refractivity contribution in [2.45, 2.75) is 12.3 Å². The molecule has 0 saturated heterocycles. The van der Waals surface area contributed by atoms with Crippen LogP contribution in [0.15, 0.2) is 88.8 Å². The molecule has 3 aromatic rings. The van der Waals surface area contributed by atoms with E-state index in [0.29, 0.717) is 17.0 Å². The van der Waals surface area contributed by atoms with Crippen LogP contribution in [0.3, 0.4) is 0 Å². The Hall–Kier alpha value is -4.47. The molecular weight excluding hydrogens is 447 g/mol. The van der Waals surface area contributed by atoms with E-state index < -0.39 is 35.7 Å². The molecule has 0 spiro atoms. The Labute approximate surface area is 192 Å². The fourth-order valence-corrected chi connectivity index (χ4v) is 3.31. The fraction of sp³-hybridized carbons (Fsp3) is 0.0833. The van der Waals surface area contributed by atoms with Crippen LogP contribution < -0.4 is 11.1 Å². The molecule has 10 heteroatoms. The number of amidine groups is 1. The normalized spacial score (nSPS) is 16.1. The number of benzene rings is 3. The Kier molecular flexibility index (Phi) is 6.13. The van der Waals surface area contributed by atoms with Gasteiger partial charge in [0.2, 0.25) is 12.1 Å². The number of hydrogen-bond donors (Lipinski definition) is 3. The molecule has 0 radical (unpaired) electrons. The maximum Gasteiger partial charge on any atom is 0.416 e. The van der Waals surface area contributed by atoms with Crippen LogP contribution in [-0.2, 0) is 15.7 Å². The zero-order valence-corrected chi connectivity index (χ0v) is 17.5. The van der Waals surface area contributed by atoms with Gasteiger partial charge < -0.3 is 15.8 Å². The third kappa shape index (κ3) is 4.96. The first-order chi connectivity index (χ1) is 16.2. The number of carbonyl (C=O) groups is 1. The van der Waals surface area contributed by atoms with Crippen molar-refractivity contribution in [3.63, 3.8) is 0 Å². The van der Waals surface area contributed by atoms with Crippen LogP contribution in [0.25, 0.3) is 0 Å². The number of alkyl halides is 3. The number of para-hydroxylation sites is 1. The molecule has 0 saturated carbocycles. The van der Waals surface area contributed by atoms with Gasteiger partial charge in [-0.2, -0.15) is 18.2 Å². The van der Waals surface area contributed by atoms with Crippen LogP contribution >= 0.6 is 0 Å². The first-order valence-electron chi connectivity index (χ1n) is 10.0. The predicted molar refractivity (Wildman–Crippen MR) is 122 cm³/mol. The second-order valence-corrected chi connectivity index (χ2v) is 7.23. The van der Waals surface area contributed by atoms with Gasteiger partial charge in [-0.15, -0.1) is 0 Å². The van der Waals surface area contributed by atoms with Gasteiger partial charge in [-0.25, -0.2) is 4.99 Å². The number of hydrogen-bond acceptors (Lipinski definition) is 5. The highest BCUT2D eigenvalue weighted by Crippen LogP contribution is 2.29. The van der Waals surface area contributed by atoms with Crippen molar-refractivity contribution in [3.05, 3.63) is 101 Å². The molecule has 0 fully saturated rings. The van der Waals surface area contributed by atoms with Gasteiger partial charge in [-0.1, -0.05) is 54.6 Å². The van der Waals surface area contributed by atoms with Crippen LogP contribution in [0.5, 0.6) is 0 Å². The number of rotatable bonds is 3. The summed E-state index contributed by atoms with van der Waals surface area (Å²) in [6.45, 7) is 0. The summed E-state index contributed by atoms with van der Waals surface area (Å²) in [6, 6.07) is 19.7. The maximum atomic E-state index is 13.0. The van der Waals surface area contributed by atoms with Crippen molar-refractivity contribution in [2.24, 2.45) is 15.7 Å². The Morgan fingerprint density at radius 2 is 1.74 bits per heavy atom. The third-order valence-corrected chi connectivity index (χ3v) is 4.88. The molecule has 1 atom stereocenters. The van der Waals surface area contributed by atoms with Crippen LogP contribution in [0, 0.1) is 5.41 Å². The van der Waals surface area contributed by atoms with Crippen molar-refractivity contribution >= 4 is 29.2 Å². The average molecular weight is 465 g/mol. The minimum atomic E-state index is -4.58. The summed E-state index contributed by atoms with van der Waals surface area (Å²) in [7, 11) is 0. The topological polar surface area (TPSA) is 113 Å². The molecule has 7 nitrogen and oxygen atoms in total. The molecule has 1 unspecified atom stereocenters. The molecule has 0 bridgehead atoms. The lowest BCUT2D eigenvalue weighted by atomic mass is 10.0. The van der Waals surface area contributed by atoms with E-state index >= 15 is 0 Å². The second kappa shape index (κ2) is 9.18. The average Bonchev–Trinajstić information content (AvgIpc) is 2.95. The molecular formula is C24H18F3N5O2. The van der Waals surface area contributed by atoms with E-state index in [1.54, 1.807) is 24.3 Å². The van der Waals surface area contributed by atoms with Crippen molar-refractivity contribution < 1.29 is 22.7 Å². The van der Waals surface area contributed by atoms with Crippen LogP contribution in [-0.4, -0.2) is 29.7 Å². The van der Waals surface area contributed by atoms with Gasteiger partial charge in [0.1, 0.15) is 0 Å². The molecule has 4 rings (SSSR count). The lowest BCUT2D eigenvalue weighted by Gasteiger charge is -2.11. The third-order valence-electron chi connectivity index (χ3n) is 4.88. The summed E-state index contributed by atoms with van der Waals surface area (Å²) in [5.74, 6) is -1.24. The van der Waals surface area contributed by atoms with E-state index in [-0.39, 0.29) is 5.56 Å². The number of fused-ring (bicyclic) bond motifs is 1. The lowest BCUT2D eigenvalue weighted by Crippen LogP contribution is -2.29. The number of halogens is 3. The Morgan fingerprint density at radius 1 is 1.03 bits per heavy atom.